The van der Waals surface area contributed by atoms with Crippen LogP contribution < -0.4 is 19.1 Å². The molecule has 4 heterocycles. The monoisotopic (exact) mass is 529 g/mol. The summed E-state index contributed by atoms with van der Waals surface area (Å²) in [7, 11) is 1.57. The molecule has 38 heavy (non-hydrogen) atoms. The molecule has 3 aromatic heterocycles. The highest BCUT2D eigenvalue weighted by Crippen LogP contribution is 2.46. The molecule has 1 N–H and O–H groups in total. The zero-order chi connectivity index (χ0) is 26.4. The highest BCUT2D eigenvalue weighted by molar-refractivity contribution is 7.22. The molecular weight excluding hydrogens is 506 g/mol. The Morgan fingerprint density at radius 3 is 2.84 bits per heavy atom. The van der Waals surface area contributed by atoms with E-state index in [1.165, 1.54) is 22.4 Å². The van der Waals surface area contributed by atoms with Crippen LogP contribution in [0.15, 0.2) is 48.9 Å². The van der Waals surface area contributed by atoms with Gasteiger partial charge < -0.3 is 19.3 Å². The van der Waals surface area contributed by atoms with E-state index >= 15 is 0 Å². The number of hydrogen-bond donors (Lipinski definition) is 1. The molecule has 1 atom stereocenters. The van der Waals surface area contributed by atoms with Crippen LogP contribution in [0.25, 0.3) is 31.8 Å². The number of aryl methyl sites for hydroxylation is 2. The Hall–Kier alpha value is -4.51. The van der Waals surface area contributed by atoms with Crippen LogP contribution in [-0.4, -0.2) is 57.5 Å². The van der Waals surface area contributed by atoms with E-state index in [-0.39, 0.29) is 13.2 Å². The van der Waals surface area contributed by atoms with Crippen molar-refractivity contribution < 1.29 is 24.1 Å². The van der Waals surface area contributed by atoms with Crippen LogP contribution >= 0.6 is 11.3 Å². The van der Waals surface area contributed by atoms with Crippen LogP contribution in [0.1, 0.15) is 11.1 Å². The zero-order valence-electron chi connectivity index (χ0n) is 20.8. The molecule has 1 aliphatic rings. The Kier molecular flexibility index (Phi) is 5.91. The van der Waals surface area contributed by atoms with Gasteiger partial charge in [0, 0.05) is 11.8 Å². The Balaban J connectivity index is 1.36. The first-order valence-electron chi connectivity index (χ1n) is 11.9. The van der Waals surface area contributed by atoms with Crippen molar-refractivity contribution in [2.24, 2.45) is 0 Å². The van der Waals surface area contributed by atoms with Gasteiger partial charge in [0.1, 0.15) is 16.3 Å². The maximum atomic E-state index is 11.9. The molecule has 1 amide bonds. The van der Waals surface area contributed by atoms with Gasteiger partial charge in [-0.25, -0.2) is 19.7 Å². The maximum Gasteiger partial charge on any atom is 0.411 e. The predicted molar refractivity (Wildman–Crippen MR) is 144 cm³/mol. The van der Waals surface area contributed by atoms with Gasteiger partial charge in [-0.3, -0.25) is 9.88 Å². The summed E-state index contributed by atoms with van der Waals surface area (Å²) >= 11 is 1.50. The van der Waals surface area contributed by atoms with Crippen molar-refractivity contribution in [2.75, 3.05) is 25.2 Å². The number of carboxylic acid groups (broad SMARTS) is 1. The first-order chi connectivity index (χ1) is 18.4. The summed E-state index contributed by atoms with van der Waals surface area (Å²) in [4.78, 5) is 31.2. The van der Waals surface area contributed by atoms with E-state index in [2.05, 4.69) is 21.0 Å². The molecule has 2 aromatic carbocycles. The van der Waals surface area contributed by atoms with Gasteiger partial charge in [0.05, 0.1) is 48.3 Å². The second-order valence-corrected chi connectivity index (χ2v) is 9.96. The molecule has 0 spiro atoms. The van der Waals surface area contributed by atoms with E-state index < -0.39 is 12.2 Å². The fraction of sp³-hybridized carbons (Fsp3) is 0.222. The molecule has 6 rings (SSSR count). The average Bonchev–Trinajstić information content (AvgIpc) is 3.37. The molecule has 0 saturated carbocycles. The number of anilines is 1. The second-order valence-electron chi connectivity index (χ2n) is 8.97. The first-order valence-corrected chi connectivity index (χ1v) is 12.7. The molecule has 0 saturated heterocycles. The zero-order valence-corrected chi connectivity index (χ0v) is 21.7. The number of rotatable bonds is 5. The van der Waals surface area contributed by atoms with E-state index in [4.69, 9.17) is 19.2 Å². The summed E-state index contributed by atoms with van der Waals surface area (Å²) in [6, 6.07) is 9.30. The van der Waals surface area contributed by atoms with Crippen LogP contribution in [0.4, 0.5) is 10.5 Å². The highest BCUT2D eigenvalue weighted by Gasteiger charge is 2.29. The van der Waals surface area contributed by atoms with Crippen molar-refractivity contribution in [3.05, 3.63) is 60.0 Å². The van der Waals surface area contributed by atoms with E-state index in [0.717, 1.165) is 42.9 Å². The smallest absolute Gasteiger partial charge is 0.411 e. The number of hydrogen-bond acceptors (Lipinski definition) is 9. The highest BCUT2D eigenvalue weighted by atomic mass is 32.1. The lowest BCUT2D eigenvalue weighted by Gasteiger charge is -2.30. The Labute approximate surface area is 221 Å². The molecule has 0 radical (unpaired) electrons. The SMILES string of the molecule is COc1cnc2c(-c3nc4c(C)cc5c(c4s3)OC[C@@H](CN(C(=O)O)c3cccnc3)O5)cc(C)cc2n1. The summed E-state index contributed by atoms with van der Waals surface area (Å²) in [5, 5.41) is 10.5. The van der Waals surface area contributed by atoms with Crippen LogP contribution in [0.2, 0.25) is 0 Å². The molecule has 0 aliphatic carbocycles. The number of carbonyl (C=O) groups is 1. The summed E-state index contributed by atoms with van der Waals surface area (Å²) in [6.07, 6.45) is 3.13. The number of pyridine rings is 1. The van der Waals surface area contributed by atoms with Gasteiger partial charge in [0.2, 0.25) is 5.88 Å². The molecule has 5 aromatic rings. The average molecular weight is 530 g/mol. The van der Waals surface area contributed by atoms with Gasteiger partial charge in [0.25, 0.3) is 0 Å². The third kappa shape index (κ3) is 4.20. The lowest BCUT2D eigenvalue weighted by molar-refractivity contribution is 0.0961. The normalized spacial score (nSPS) is 14.6. The van der Waals surface area contributed by atoms with Gasteiger partial charge in [-0.05, 0) is 55.3 Å². The molecule has 10 nitrogen and oxygen atoms in total. The van der Waals surface area contributed by atoms with Crippen LogP contribution in [0.3, 0.4) is 0 Å². The van der Waals surface area contributed by atoms with Crippen molar-refractivity contribution >= 4 is 44.4 Å². The predicted octanol–water partition coefficient (Wildman–Crippen LogP) is 5.25. The molecule has 0 bridgehead atoms. The summed E-state index contributed by atoms with van der Waals surface area (Å²) in [5.74, 6) is 1.63. The molecule has 11 heteroatoms. The lowest BCUT2D eigenvalue weighted by atomic mass is 10.1. The molecule has 0 unspecified atom stereocenters. The van der Waals surface area contributed by atoms with Crippen molar-refractivity contribution in [1.29, 1.82) is 0 Å². The van der Waals surface area contributed by atoms with E-state index in [1.54, 1.807) is 31.6 Å². The second kappa shape index (κ2) is 9.42. The van der Waals surface area contributed by atoms with Gasteiger partial charge in [-0.1, -0.05) is 0 Å². The largest absolute Gasteiger partial charge is 0.484 e. The number of fused-ring (bicyclic) bond motifs is 4. The molecule has 192 valence electrons. The van der Waals surface area contributed by atoms with Gasteiger partial charge in [-0.2, -0.15) is 0 Å². The van der Waals surface area contributed by atoms with Gasteiger partial charge in [-0.15, -0.1) is 11.3 Å². The summed E-state index contributed by atoms with van der Waals surface area (Å²) in [5.41, 5.74) is 5.61. The Morgan fingerprint density at radius 2 is 2.08 bits per heavy atom. The van der Waals surface area contributed by atoms with Crippen molar-refractivity contribution in [3.8, 4) is 28.0 Å². The minimum atomic E-state index is -1.09. The fourth-order valence-electron chi connectivity index (χ4n) is 4.52. The van der Waals surface area contributed by atoms with E-state index in [9.17, 15) is 9.90 Å². The van der Waals surface area contributed by atoms with Crippen molar-refractivity contribution in [2.45, 2.75) is 20.0 Å². The minimum Gasteiger partial charge on any atom is -0.484 e. The number of ether oxygens (including phenoxy) is 3. The third-order valence-electron chi connectivity index (χ3n) is 6.27. The number of benzene rings is 2. The number of amides is 1. The number of aromatic nitrogens is 4. The summed E-state index contributed by atoms with van der Waals surface area (Å²) < 4.78 is 18.5. The number of nitrogens with zero attached hydrogens (tertiary/aromatic N) is 5. The first kappa shape index (κ1) is 23.9. The number of thiazole rings is 1. The van der Waals surface area contributed by atoms with Gasteiger partial charge in [0.15, 0.2) is 17.6 Å². The third-order valence-corrected chi connectivity index (χ3v) is 7.36. The quantitative estimate of drug-likeness (QED) is 0.325. The molecular formula is C27H23N5O5S. The standard InChI is InChI=1S/C27H23N5O5S/c1-14-7-18(23-19(8-14)30-21(35-3)11-29-23)26-31-22-15(2)9-20-24(25(22)38-26)36-13-17(37-20)12-32(27(33)34)16-5-4-6-28-10-16/h4-11,17H,12-13H2,1-3H3,(H,33,34)/t17-/m1/s1. The number of methoxy groups -OCH3 is 1. The van der Waals surface area contributed by atoms with E-state index in [1.807, 2.05) is 26.0 Å². The van der Waals surface area contributed by atoms with Crippen LogP contribution in [0, 0.1) is 13.8 Å². The topological polar surface area (TPSA) is 120 Å². The van der Waals surface area contributed by atoms with Gasteiger partial charge >= 0.3 is 6.09 Å². The minimum absolute atomic E-state index is 0.100. The van der Waals surface area contributed by atoms with Crippen LogP contribution in [0.5, 0.6) is 17.4 Å². The maximum absolute atomic E-state index is 11.9. The molecule has 1 aliphatic heterocycles. The molecule has 0 fully saturated rings. The Bertz CT molecular complexity index is 1690. The van der Waals surface area contributed by atoms with Crippen molar-refractivity contribution in [3.63, 3.8) is 0 Å². The van der Waals surface area contributed by atoms with Crippen LogP contribution in [-0.2, 0) is 0 Å². The van der Waals surface area contributed by atoms with E-state index in [0.29, 0.717) is 23.1 Å². The summed E-state index contributed by atoms with van der Waals surface area (Å²) in [6.45, 7) is 4.27. The lowest BCUT2D eigenvalue weighted by Crippen LogP contribution is -2.43. The van der Waals surface area contributed by atoms with Crippen molar-refractivity contribution in [1.82, 2.24) is 19.9 Å². The Morgan fingerprint density at radius 1 is 1.21 bits per heavy atom. The fourth-order valence-corrected chi connectivity index (χ4v) is 5.67.